The van der Waals surface area contributed by atoms with Gasteiger partial charge in [0.15, 0.2) is 0 Å². The van der Waals surface area contributed by atoms with Gasteiger partial charge in [-0.05, 0) is 6.92 Å². The molecule has 2 N–H and O–H groups in total. The minimum Gasteiger partial charge on any atom is -0.475 e. The lowest BCUT2D eigenvalue weighted by Gasteiger charge is -2.20. The predicted molar refractivity (Wildman–Crippen MR) is 68.1 cm³/mol. The number of aryl methyl sites for hydroxylation is 1. The maximum Gasteiger partial charge on any atom is 0.371 e. The fraction of sp³-hybridized carbons (Fsp3) is 0.545. The molecule has 1 rings (SSSR count). The SMILES string of the molecule is COCCN(CCO)S(=O)(=O)c1cc(C(=O)O)oc1C. The molecule has 8 nitrogen and oxygen atoms in total. The van der Waals surface area contributed by atoms with Gasteiger partial charge in [-0.15, -0.1) is 0 Å². The molecule has 1 aromatic heterocycles. The quantitative estimate of drug-likeness (QED) is 0.689. The van der Waals surface area contributed by atoms with E-state index < -0.39 is 21.8 Å². The van der Waals surface area contributed by atoms with Gasteiger partial charge in [-0.2, -0.15) is 4.31 Å². The smallest absolute Gasteiger partial charge is 0.371 e. The minimum absolute atomic E-state index is 0.0113. The van der Waals surface area contributed by atoms with Gasteiger partial charge in [-0.1, -0.05) is 0 Å². The van der Waals surface area contributed by atoms with Crippen LogP contribution in [-0.2, 0) is 14.8 Å². The van der Waals surface area contributed by atoms with Crippen LogP contribution in [0.5, 0.6) is 0 Å². The Hall–Kier alpha value is -1.42. The first kappa shape index (κ1) is 16.6. The van der Waals surface area contributed by atoms with Crippen LogP contribution in [0.25, 0.3) is 0 Å². The van der Waals surface area contributed by atoms with Gasteiger partial charge in [0.25, 0.3) is 0 Å². The molecule has 0 bridgehead atoms. The van der Waals surface area contributed by atoms with E-state index in [-0.39, 0.29) is 37.0 Å². The van der Waals surface area contributed by atoms with E-state index in [4.69, 9.17) is 19.4 Å². The number of rotatable bonds is 8. The van der Waals surface area contributed by atoms with Gasteiger partial charge in [-0.3, -0.25) is 0 Å². The van der Waals surface area contributed by atoms with Crippen molar-refractivity contribution in [2.45, 2.75) is 11.8 Å². The van der Waals surface area contributed by atoms with E-state index in [1.807, 2.05) is 0 Å². The summed E-state index contributed by atoms with van der Waals surface area (Å²) >= 11 is 0. The summed E-state index contributed by atoms with van der Waals surface area (Å²) in [6.45, 7) is 1.10. The van der Waals surface area contributed by atoms with E-state index in [1.54, 1.807) is 0 Å². The molecule has 0 saturated heterocycles. The maximum atomic E-state index is 12.4. The number of carboxylic acid groups (broad SMARTS) is 1. The van der Waals surface area contributed by atoms with Gasteiger partial charge < -0.3 is 19.4 Å². The molecule has 0 amide bonds. The van der Waals surface area contributed by atoms with Crippen molar-refractivity contribution in [3.05, 3.63) is 17.6 Å². The van der Waals surface area contributed by atoms with Crippen LogP contribution in [0.2, 0.25) is 0 Å². The van der Waals surface area contributed by atoms with Gasteiger partial charge in [0.05, 0.1) is 13.2 Å². The Kier molecular flexibility index (Phi) is 5.69. The highest BCUT2D eigenvalue weighted by Gasteiger charge is 2.29. The molecule has 0 aliphatic heterocycles. The summed E-state index contributed by atoms with van der Waals surface area (Å²) < 4.78 is 35.5. The summed E-state index contributed by atoms with van der Waals surface area (Å²) in [6, 6.07) is 0.962. The molecule has 0 aromatic carbocycles. The van der Waals surface area contributed by atoms with Gasteiger partial charge in [0.1, 0.15) is 10.7 Å². The minimum atomic E-state index is -3.94. The van der Waals surface area contributed by atoms with Gasteiger partial charge >= 0.3 is 5.97 Å². The molecule has 0 saturated carbocycles. The topological polar surface area (TPSA) is 117 Å². The Morgan fingerprint density at radius 2 is 2.10 bits per heavy atom. The normalized spacial score (nSPS) is 12.0. The van der Waals surface area contributed by atoms with Gasteiger partial charge in [0, 0.05) is 26.3 Å². The van der Waals surface area contributed by atoms with Crippen molar-refractivity contribution in [3.63, 3.8) is 0 Å². The maximum absolute atomic E-state index is 12.4. The molecule has 0 fully saturated rings. The van der Waals surface area contributed by atoms with Crippen molar-refractivity contribution in [2.24, 2.45) is 0 Å². The highest BCUT2D eigenvalue weighted by Crippen LogP contribution is 2.23. The van der Waals surface area contributed by atoms with Crippen LogP contribution >= 0.6 is 0 Å². The predicted octanol–water partition coefficient (Wildman–Crippen LogP) is -0.0844. The van der Waals surface area contributed by atoms with Crippen LogP contribution in [-0.4, -0.2) is 62.3 Å². The number of hydrogen-bond donors (Lipinski definition) is 2. The first-order chi connectivity index (χ1) is 9.34. The van der Waals surface area contributed by atoms with Crippen molar-refractivity contribution < 1.29 is 32.6 Å². The van der Waals surface area contributed by atoms with Crippen LogP contribution in [0.1, 0.15) is 16.3 Å². The number of aliphatic hydroxyl groups is 1. The average Bonchev–Trinajstić information content (AvgIpc) is 2.77. The van der Waals surface area contributed by atoms with Crippen LogP contribution in [0.3, 0.4) is 0 Å². The number of carbonyl (C=O) groups is 1. The van der Waals surface area contributed by atoms with Crippen molar-refractivity contribution >= 4 is 16.0 Å². The second-order valence-corrected chi connectivity index (χ2v) is 5.86. The third kappa shape index (κ3) is 3.57. The lowest BCUT2D eigenvalue weighted by atomic mass is 10.4. The second kappa shape index (κ2) is 6.84. The largest absolute Gasteiger partial charge is 0.475 e. The monoisotopic (exact) mass is 307 g/mol. The Morgan fingerprint density at radius 1 is 1.45 bits per heavy atom. The third-order valence-corrected chi connectivity index (χ3v) is 4.60. The number of methoxy groups -OCH3 is 1. The Labute approximate surface area is 116 Å². The van der Waals surface area contributed by atoms with Crippen LogP contribution in [0, 0.1) is 6.92 Å². The molecule has 0 aliphatic carbocycles. The summed E-state index contributed by atoms with van der Waals surface area (Å²) in [5.74, 6) is -1.81. The van der Waals surface area contributed by atoms with Gasteiger partial charge in [-0.25, -0.2) is 13.2 Å². The van der Waals surface area contributed by atoms with Crippen LogP contribution in [0.4, 0.5) is 0 Å². The number of ether oxygens (including phenoxy) is 1. The summed E-state index contributed by atoms with van der Waals surface area (Å²) in [5.41, 5.74) is 0. The summed E-state index contributed by atoms with van der Waals surface area (Å²) in [4.78, 5) is 10.6. The first-order valence-corrected chi connectivity index (χ1v) is 7.22. The lowest BCUT2D eigenvalue weighted by molar-refractivity contribution is 0.0661. The summed E-state index contributed by atoms with van der Waals surface area (Å²) in [7, 11) is -2.52. The van der Waals surface area contributed by atoms with E-state index in [0.717, 1.165) is 10.4 Å². The van der Waals surface area contributed by atoms with E-state index in [2.05, 4.69) is 0 Å². The number of hydrogen-bond acceptors (Lipinski definition) is 6. The van der Waals surface area contributed by atoms with Crippen molar-refractivity contribution in [1.29, 1.82) is 0 Å². The second-order valence-electron chi connectivity index (χ2n) is 3.96. The molecule has 1 heterocycles. The molecule has 0 radical (unpaired) electrons. The van der Waals surface area contributed by atoms with E-state index in [0.29, 0.717) is 0 Å². The molecule has 0 aliphatic rings. The Balaban J connectivity index is 3.15. The Morgan fingerprint density at radius 3 is 2.55 bits per heavy atom. The van der Waals surface area contributed by atoms with Crippen molar-refractivity contribution in [2.75, 3.05) is 33.4 Å². The number of nitrogens with zero attached hydrogens (tertiary/aromatic N) is 1. The molecule has 114 valence electrons. The number of carboxylic acids is 1. The third-order valence-electron chi connectivity index (χ3n) is 2.60. The van der Waals surface area contributed by atoms with Crippen molar-refractivity contribution in [3.8, 4) is 0 Å². The summed E-state index contributed by atoms with van der Waals surface area (Å²) in [5, 5.41) is 17.8. The number of sulfonamides is 1. The zero-order valence-corrected chi connectivity index (χ0v) is 12.0. The Bertz CT molecular complexity index is 563. The summed E-state index contributed by atoms with van der Waals surface area (Å²) in [6.07, 6.45) is 0. The standard InChI is InChI=1S/C11H17NO7S/c1-8-10(7-9(19-8)11(14)15)20(16,17)12(3-5-13)4-6-18-2/h7,13H,3-6H2,1-2H3,(H,14,15). The molecule has 20 heavy (non-hydrogen) atoms. The van der Waals surface area contributed by atoms with Crippen LogP contribution < -0.4 is 0 Å². The molecule has 1 aromatic rings. The molecule has 0 spiro atoms. The number of aliphatic hydroxyl groups excluding tert-OH is 1. The molecule has 9 heteroatoms. The average molecular weight is 307 g/mol. The fourth-order valence-electron chi connectivity index (χ4n) is 1.62. The zero-order valence-electron chi connectivity index (χ0n) is 11.2. The highest BCUT2D eigenvalue weighted by atomic mass is 32.2. The van der Waals surface area contributed by atoms with E-state index >= 15 is 0 Å². The lowest BCUT2D eigenvalue weighted by Crippen LogP contribution is -2.36. The van der Waals surface area contributed by atoms with Gasteiger partial charge in [0.2, 0.25) is 15.8 Å². The molecular formula is C11H17NO7S. The fourth-order valence-corrected chi connectivity index (χ4v) is 3.20. The van der Waals surface area contributed by atoms with E-state index in [9.17, 15) is 13.2 Å². The van der Waals surface area contributed by atoms with Crippen molar-refractivity contribution in [1.82, 2.24) is 4.31 Å². The number of aromatic carboxylic acids is 1. The number of furan rings is 1. The van der Waals surface area contributed by atoms with Crippen LogP contribution in [0.15, 0.2) is 15.4 Å². The zero-order chi connectivity index (χ0) is 15.3. The molecule has 0 atom stereocenters. The molecule has 0 unspecified atom stereocenters. The molecular weight excluding hydrogens is 290 g/mol. The highest BCUT2D eigenvalue weighted by molar-refractivity contribution is 7.89. The first-order valence-electron chi connectivity index (χ1n) is 5.78. The van der Waals surface area contributed by atoms with E-state index in [1.165, 1.54) is 14.0 Å².